The smallest absolute Gasteiger partial charge is 0.159 e. The standard InChI is InChI=1S/C21H19FO3/c1-13(23)19-12-25-20-9-8-17(24-11-14-2-3-14)10-18(20)21(19)15-4-6-16(22)7-5-15/h4-10,14H,2-3,11-12H2,1H3. The third kappa shape index (κ3) is 3.29. The number of carbonyl (C=O) groups is 1. The van der Waals surface area contributed by atoms with Crippen LogP contribution in [0.2, 0.25) is 0 Å². The van der Waals surface area contributed by atoms with Crippen molar-refractivity contribution in [1.82, 2.24) is 0 Å². The van der Waals surface area contributed by atoms with Crippen molar-refractivity contribution in [3.8, 4) is 11.5 Å². The van der Waals surface area contributed by atoms with Gasteiger partial charge in [0, 0.05) is 16.7 Å². The molecule has 1 aliphatic heterocycles. The van der Waals surface area contributed by atoms with Crippen LogP contribution in [0.5, 0.6) is 11.5 Å². The van der Waals surface area contributed by atoms with Crippen LogP contribution in [-0.2, 0) is 4.79 Å². The van der Waals surface area contributed by atoms with Crippen molar-refractivity contribution in [2.45, 2.75) is 19.8 Å². The molecule has 2 aromatic carbocycles. The number of hydrogen-bond donors (Lipinski definition) is 0. The fourth-order valence-corrected chi connectivity index (χ4v) is 3.03. The van der Waals surface area contributed by atoms with Crippen molar-refractivity contribution in [2.24, 2.45) is 5.92 Å². The summed E-state index contributed by atoms with van der Waals surface area (Å²) in [6.07, 6.45) is 2.45. The van der Waals surface area contributed by atoms with Gasteiger partial charge >= 0.3 is 0 Å². The van der Waals surface area contributed by atoms with Gasteiger partial charge in [-0.05, 0) is 61.6 Å². The van der Waals surface area contributed by atoms with E-state index in [4.69, 9.17) is 9.47 Å². The van der Waals surface area contributed by atoms with Gasteiger partial charge in [-0.3, -0.25) is 4.79 Å². The Morgan fingerprint density at radius 2 is 1.96 bits per heavy atom. The van der Waals surface area contributed by atoms with Crippen LogP contribution in [0, 0.1) is 11.7 Å². The molecule has 3 nitrogen and oxygen atoms in total. The first kappa shape index (κ1) is 15.9. The molecule has 1 heterocycles. The normalized spacial score (nSPS) is 16.2. The predicted octanol–water partition coefficient (Wildman–Crippen LogP) is 4.40. The number of carbonyl (C=O) groups excluding carboxylic acids is 1. The van der Waals surface area contributed by atoms with Crippen LogP contribution in [0.3, 0.4) is 0 Å². The van der Waals surface area contributed by atoms with Crippen LogP contribution >= 0.6 is 0 Å². The molecule has 0 saturated heterocycles. The molecule has 4 rings (SSSR count). The lowest BCUT2D eigenvalue weighted by atomic mass is 9.89. The fraction of sp³-hybridized carbons (Fsp3) is 0.286. The highest BCUT2D eigenvalue weighted by Gasteiger charge is 2.26. The highest BCUT2D eigenvalue weighted by atomic mass is 19.1. The second-order valence-electron chi connectivity index (χ2n) is 6.62. The second kappa shape index (κ2) is 6.36. The van der Waals surface area contributed by atoms with Crippen LogP contribution in [-0.4, -0.2) is 19.0 Å². The molecule has 0 amide bonds. The molecule has 0 radical (unpaired) electrons. The lowest BCUT2D eigenvalue weighted by Gasteiger charge is -2.24. The van der Waals surface area contributed by atoms with Crippen molar-refractivity contribution >= 4 is 11.4 Å². The molecule has 2 aromatic rings. The SMILES string of the molecule is CC(=O)C1=C(c2ccc(F)cc2)c2cc(OCC3CC3)ccc2OC1. The molecule has 0 spiro atoms. The zero-order valence-electron chi connectivity index (χ0n) is 14.0. The lowest BCUT2D eigenvalue weighted by molar-refractivity contribution is -0.113. The highest BCUT2D eigenvalue weighted by molar-refractivity contribution is 6.06. The molecule has 0 N–H and O–H groups in total. The number of ether oxygens (including phenoxy) is 2. The van der Waals surface area contributed by atoms with Gasteiger partial charge in [0.1, 0.15) is 23.9 Å². The minimum absolute atomic E-state index is 0.0470. The third-order valence-electron chi connectivity index (χ3n) is 4.63. The van der Waals surface area contributed by atoms with Gasteiger partial charge in [-0.1, -0.05) is 12.1 Å². The summed E-state index contributed by atoms with van der Waals surface area (Å²) < 4.78 is 25.0. The maximum atomic E-state index is 13.3. The van der Waals surface area contributed by atoms with Gasteiger partial charge in [-0.2, -0.15) is 0 Å². The van der Waals surface area contributed by atoms with Crippen LogP contribution in [0.4, 0.5) is 4.39 Å². The molecule has 4 heteroatoms. The maximum Gasteiger partial charge on any atom is 0.159 e. The minimum Gasteiger partial charge on any atom is -0.493 e. The molecular formula is C21H19FO3. The van der Waals surface area contributed by atoms with E-state index in [-0.39, 0.29) is 18.2 Å². The molecule has 0 aromatic heterocycles. The quantitative estimate of drug-likeness (QED) is 0.811. The van der Waals surface area contributed by atoms with E-state index < -0.39 is 0 Å². The van der Waals surface area contributed by atoms with Crippen LogP contribution in [0.1, 0.15) is 30.9 Å². The van der Waals surface area contributed by atoms with E-state index in [0.717, 1.165) is 29.1 Å². The monoisotopic (exact) mass is 338 g/mol. The second-order valence-corrected chi connectivity index (χ2v) is 6.62. The van der Waals surface area contributed by atoms with E-state index in [0.29, 0.717) is 17.2 Å². The molecule has 25 heavy (non-hydrogen) atoms. The van der Waals surface area contributed by atoms with Gasteiger partial charge in [-0.15, -0.1) is 0 Å². The summed E-state index contributed by atoms with van der Waals surface area (Å²) in [5.41, 5.74) is 3.01. The number of ketones is 1. The fourth-order valence-electron chi connectivity index (χ4n) is 3.03. The summed E-state index contributed by atoms with van der Waals surface area (Å²) in [4.78, 5) is 12.1. The van der Waals surface area contributed by atoms with E-state index >= 15 is 0 Å². The maximum absolute atomic E-state index is 13.3. The molecule has 1 aliphatic carbocycles. The third-order valence-corrected chi connectivity index (χ3v) is 4.63. The minimum atomic E-state index is -0.303. The number of benzene rings is 2. The number of hydrogen-bond acceptors (Lipinski definition) is 3. The van der Waals surface area contributed by atoms with Gasteiger partial charge in [-0.25, -0.2) is 4.39 Å². The molecule has 1 saturated carbocycles. The zero-order chi connectivity index (χ0) is 17.4. The molecule has 0 unspecified atom stereocenters. The van der Waals surface area contributed by atoms with Crippen molar-refractivity contribution in [2.75, 3.05) is 13.2 Å². The van der Waals surface area contributed by atoms with E-state index in [2.05, 4.69) is 0 Å². The van der Waals surface area contributed by atoms with Gasteiger partial charge in [0.05, 0.1) is 6.61 Å². The molecule has 2 aliphatic rings. The summed E-state index contributed by atoms with van der Waals surface area (Å²) in [5.74, 6) is 1.78. The Morgan fingerprint density at radius 3 is 2.64 bits per heavy atom. The average molecular weight is 338 g/mol. The number of Topliss-reactive ketones (excluding diaryl/α,β-unsaturated/α-hetero) is 1. The first-order chi connectivity index (χ1) is 12.1. The first-order valence-electron chi connectivity index (χ1n) is 8.52. The average Bonchev–Trinajstić information content (AvgIpc) is 3.44. The van der Waals surface area contributed by atoms with E-state index in [1.165, 1.54) is 31.9 Å². The van der Waals surface area contributed by atoms with Crippen LogP contribution < -0.4 is 9.47 Å². The van der Waals surface area contributed by atoms with E-state index in [1.807, 2.05) is 18.2 Å². The summed E-state index contributed by atoms with van der Waals surface area (Å²) in [6, 6.07) is 11.9. The summed E-state index contributed by atoms with van der Waals surface area (Å²) >= 11 is 0. The Kier molecular flexibility index (Phi) is 4.04. The molecule has 128 valence electrons. The largest absolute Gasteiger partial charge is 0.493 e. The van der Waals surface area contributed by atoms with Crippen molar-refractivity contribution < 1.29 is 18.7 Å². The topological polar surface area (TPSA) is 35.5 Å². The molecule has 0 atom stereocenters. The van der Waals surface area contributed by atoms with E-state index in [9.17, 15) is 9.18 Å². The summed E-state index contributed by atoms with van der Waals surface area (Å²) in [6.45, 7) is 2.47. The number of halogens is 1. The summed E-state index contributed by atoms with van der Waals surface area (Å²) in [7, 11) is 0. The van der Waals surface area contributed by atoms with E-state index in [1.54, 1.807) is 12.1 Å². The molecule has 1 fully saturated rings. The van der Waals surface area contributed by atoms with Crippen LogP contribution in [0.15, 0.2) is 48.0 Å². The Balaban J connectivity index is 1.78. The van der Waals surface area contributed by atoms with Crippen molar-refractivity contribution in [3.63, 3.8) is 0 Å². The van der Waals surface area contributed by atoms with Gasteiger partial charge in [0.2, 0.25) is 0 Å². The highest BCUT2D eigenvalue weighted by Crippen LogP contribution is 2.40. The first-order valence-corrected chi connectivity index (χ1v) is 8.52. The summed E-state index contributed by atoms with van der Waals surface area (Å²) in [5, 5.41) is 0. The van der Waals surface area contributed by atoms with Crippen LogP contribution in [0.25, 0.3) is 5.57 Å². The predicted molar refractivity (Wildman–Crippen MR) is 93.3 cm³/mol. The number of rotatable bonds is 5. The molecular weight excluding hydrogens is 319 g/mol. The van der Waals surface area contributed by atoms with Gasteiger partial charge in [0.25, 0.3) is 0 Å². The van der Waals surface area contributed by atoms with Gasteiger partial charge < -0.3 is 9.47 Å². The Bertz CT molecular complexity index is 848. The molecule has 0 bridgehead atoms. The van der Waals surface area contributed by atoms with Gasteiger partial charge in [0.15, 0.2) is 5.78 Å². The Labute approximate surface area is 146 Å². The Hall–Kier alpha value is -2.62. The zero-order valence-corrected chi connectivity index (χ0v) is 14.0. The van der Waals surface area contributed by atoms with Crippen molar-refractivity contribution in [1.29, 1.82) is 0 Å². The number of fused-ring (bicyclic) bond motifs is 1. The Morgan fingerprint density at radius 1 is 1.20 bits per heavy atom. The van der Waals surface area contributed by atoms with Crippen molar-refractivity contribution in [3.05, 3.63) is 65.0 Å². The lowest BCUT2D eigenvalue weighted by Crippen LogP contribution is -2.17.